The summed E-state index contributed by atoms with van der Waals surface area (Å²) in [5.74, 6) is 0. The second kappa shape index (κ2) is 5.63. The Morgan fingerprint density at radius 1 is 1.35 bits per heavy atom. The van der Waals surface area contributed by atoms with E-state index in [9.17, 15) is 10.1 Å². The molecule has 1 aliphatic heterocycles. The van der Waals surface area contributed by atoms with Crippen LogP contribution < -0.4 is 5.32 Å². The molecule has 1 fully saturated rings. The topological polar surface area (TPSA) is 64.4 Å². The van der Waals surface area contributed by atoms with Gasteiger partial charge in [-0.05, 0) is 31.4 Å². The van der Waals surface area contributed by atoms with Crippen molar-refractivity contribution >= 4 is 11.4 Å². The molecular formula is C12H16N2O3. The first-order valence-corrected chi connectivity index (χ1v) is 5.85. The average Bonchev–Trinajstić information content (AvgIpc) is 2.38. The Hall–Kier alpha value is -1.62. The molecule has 1 aromatic carbocycles. The standard InChI is InChI=1S/C12H16N2O3/c15-14(16)11-6-4-10(5-7-11)13-9-12-3-1-2-8-17-12/h4-7,12-13H,1-3,8-9H2. The highest BCUT2D eigenvalue weighted by atomic mass is 16.6. The van der Waals surface area contributed by atoms with Crippen LogP contribution in [0.25, 0.3) is 0 Å². The van der Waals surface area contributed by atoms with Crippen molar-refractivity contribution in [1.29, 1.82) is 0 Å². The fourth-order valence-electron chi connectivity index (χ4n) is 1.90. The van der Waals surface area contributed by atoms with E-state index < -0.39 is 4.92 Å². The molecule has 2 rings (SSSR count). The number of hydrogen-bond acceptors (Lipinski definition) is 4. The fourth-order valence-corrected chi connectivity index (χ4v) is 1.90. The Labute approximate surface area is 99.9 Å². The van der Waals surface area contributed by atoms with Crippen molar-refractivity contribution in [1.82, 2.24) is 0 Å². The number of anilines is 1. The highest BCUT2D eigenvalue weighted by Crippen LogP contribution is 2.17. The van der Waals surface area contributed by atoms with Gasteiger partial charge in [0, 0.05) is 31.0 Å². The van der Waals surface area contributed by atoms with Gasteiger partial charge in [0.25, 0.3) is 5.69 Å². The van der Waals surface area contributed by atoms with Crippen LogP contribution in [0.15, 0.2) is 24.3 Å². The minimum atomic E-state index is -0.395. The first-order chi connectivity index (χ1) is 8.25. The summed E-state index contributed by atoms with van der Waals surface area (Å²) in [6.45, 7) is 1.60. The molecule has 17 heavy (non-hydrogen) atoms. The number of nitrogens with one attached hydrogen (secondary N) is 1. The molecule has 0 saturated carbocycles. The molecule has 5 nitrogen and oxygen atoms in total. The van der Waals surface area contributed by atoms with Crippen LogP contribution in [0.5, 0.6) is 0 Å². The normalized spacial score (nSPS) is 19.9. The van der Waals surface area contributed by atoms with Gasteiger partial charge in [0.1, 0.15) is 0 Å². The van der Waals surface area contributed by atoms with Gasteiger partial charge in [0.05, 0.1) is 11.0 Å². The fraction of sp³-hybridized carbons (Fsp3) is 0.500. The third-order valence-electron chi connectivity index (χ3n) is 2.89. The number of ether oxygens (including phenoxy) is 1. The van der Waals surface area contributed by atoms with Crippen LogP contribution in [0.2, 0.25) is 0 Å². The SMILES string of the molecule is O=[N+]([O-])c1ccc(NCC2CCCCO2)cc1. The van der Waals surface area contributed by atoms with Crippen LogP contribution in [-0.2, 0) is 4.74 Å². The molecule has 0 amide bonds. The Morgan fingerprint density at radius 2 is 2.12 bits per heavy atom. The molecule has 0 bridgehead atoms. The Bertz CT molecular complexity index is 372. The molecule has 1 atom stereocenters. The van der Waals surface area contributed by atoms with E-state index in [0.29, 0.717) is 0 Å². The Balaban J connectivity index is 1.84. The lowest BCUT2D eigenvalue weighted by molar-refractivity contribution is -0.384. The van der Waals surface area contributed by atoms with Gasteiger partial charge in [-0.3, -0.25) is 10.1 Å². The molecule has 0 spiro atoms. The summed E-state index contributed by atoms with van der Waals surface area (Å²) < 4.78 is 5.59. The summed E-state index contributed by atoms with van der Waals surface area (Å²) in [6, 6.07) is 6.45. The maximum absolute atomic E-state index is 10.5. The van der Waals surface area contributed by atoms with Crippen molar-refractivity contribution in [3.8, 4) is 0 Å². The molecule has 0 aromatic heterocycles. The molecule has 5 heteroatoms. The summed E-state index contributed by atoms with van der Waals surface area (Å²) in [7, 11) is 0. The summed E-state index contributed by atoms with van der Waals surface area (Å²) >= 11 is 0. The number of rotatable bonds is 4. The van der Waals surface area contributed by atoms with Gasteiger partial charge in [-0.25, -0.2) is 0 Å². The summed E-state index contributed by atoms with van der Waals surface area (Å²) in [4.78, 5) is 10.1. The van der Waals surface area contributed by atoms with Crippen molar-refractivity contribution in [3.63, 3.8) is 0 Å². The first kappa shape index (κ1) is 11.9. The van der Waals surface area contributed by atoms with E-state index in [-0.39, 0.29) is 11.8 Å². The van der Waals surface area contributed by atoms with Crippen molar-refractivity contribution in [2.24, 2.45) is 0 Å². The zero-order valence-corrected chi connectivity index (χ0v) is 9.59. The first-order valence-electron chi connectivity index (χ1n) is 5.85. The van der Waals surface area contributed by atoms with Crippen molar-refractivity contribution < 1.29 is 9.66 Å². The zero-order valence-electron chi connectivity index (χ0n) is 9.59. The largest absolute Gasteiger partial charge is 0.382 e. The third kappa shape index (κ3) is 3.42. The molecule has 92 valence electrons. The van der Waals surface area contributed by atoms with Crippen molar-refractivity contribution in [2.45, 2.75) is 25.4 Å². The van der Waals surface area contributed by atoms with E-state index in [1.807, 2.05) is 0 Å². The van der Waals surface area contributed by atoms with Gasteiger partial charge in [0.2, 0.25) is 0 Å². The predicted octanol–water partition coefficient (Wildman–Crippen LogP) is 2.58. The van der Waals surface area contributed by atoms with Crippen LogP contribution in [0.3, 0.4) is 0 Å². The van der Waals surface area contributed by atoms with Crippen molar-refractivity contribution in [2.75, 3.05) is 18.5 Å². The van der Waals surface area contributed by atoms with Gasteiger partial charge in [-0.1, -0.05) is 0 Å². The lowest BCUT2D eigenvalue weighted by Gasteiger charge is -2.23. The zero-order chi connectivity index (χ0) is 12.1. The van der Waals surface area contributed by atoms with Gasteiger partial charge in [0.15, 0.2) is 0 Å². The summed E-state index contributed by atoms with van der Waals surface area (Å²) in [5.41, 5.74) is 1.01. The molecule has 1 saturated heterocycles. The average molecular weight is 236 g/mol. The van der Waals surface area contributed by atoms with Crippen LogP contribution in [0, 0.1) is 10.1 Å². The van der Waals surface area contributed by atoms with Gasteiger partial charge >= 0.3 is 0 Å². The Morgan fingerprint density at radius 3 is 2.71 bits per heavy atom. The van der Waals surface area contributed by atoms with Gasteiger partial charge in [-0.2, -0.15) is 0 Å². The van der Waals surface area contributed by atoms with Crippen LogP contribution in [0.1, 0.15) is 19.3 Å². The number of nitro groups is 1. The highest BCUT2D eigenvalue weighted by molar-refractivity contribution is 5.48. The minimum absolute atomic E-state index is 0.115. The van der Waals surface area contributed by atoms with Crippen LogP contribution in [-0.4, -0.2) is 24.2 Å². The van der Waals surface area contributed by atoms with Gasteiger partial charge < -0.3 is 10.1 Å². The molecule has 0 radical (unpaired) electrons. The third-order valence-corrected chi connectivity index (χ3v) is 2.89. The molecule has 1 N–H and O–H groups in total. The van der Waals surface area contributed by atoms with E-state index in [4.69, 9.17) is 4.74 Å². The number of benzene rings is 1. The maximum Gasteiger partial charge on any atom is 0.269 e. The van der Waals surface area contributed by atoms with Crippen molar-refractivity contribution in [3.05, 3.63) is 34.4 Å². The molecule has 1 heterocycles. The number of nitro benzene ring substituents is 1. The lowest BCUT2D eigenvalue weighted by Crippen LogP contribution is -2.26. The number of hydrogen-bond donors (Lipinski definition) is 1. The number of nitrogens with zero attached hydrogens (tertiary/aromatic N) is 1. The summed E-state index contributed by atoms with van der Waals surface area (Å²) in [6.07, 6.45) is 3.71. The minimum Gasteiger partial charge on any atom is -0.382 e. The molecule has 0 aliphatic carbocycles. The Kier molecular flexibility index (Phi) is 3.93. The van der Waals surface area contributed by atoms with E-state index in [1.165, 1.54) is 18.6 Å². The van der Waals surface area contributed by atoms with Crippen LogP contribution in [0.4, 0.5) is 11.4 Å². The van der Waals surface area contributed by atoms with E-state index in [2.05, 4.69) is 5.32 Å². The van der Waals surface area contributed by atoms with Gasteiger partial charge in [-0.15, -0.1) is 0 Å². The smallest absolute Gasteiger partial charge is 0.269 e. The molecular weight excluding hydrogens is 220 g/mol. The monoisotopic (exact) mass is 236 g/mol. The maximum atomic E-state index is 10.5. The predicted molar refractivity (Wildman–Crippen MR) is 65.2 cm³/mol. The second-order valence-corrected chi connectivity index (χ2v) is 4.17. The highest BCUT2D eigenvalue weighted by Gasteiger charge is 2.13. The van der Waals surface area contributed by atoms with E-state index >= 15 is 0 Å². The second-order valence-electron chi connectivity index (χ2n) is 4.17. The number of non-ortho nitro benzene ring substituents is 1. The lowest BCUT2D eigenvalue weighted by atomic mass is 10.1. The molecule has 1 aromatic rings. The van der Waals surface area contributed by atoms with E-state index in [0.717, 1.165) is 31.7 Å². The molecule has 1 aliphatic rings. The van der Waals surface area contributed by atoms with Crippen LogP contribution >= 0.6 is 0 Å². The summed E-state index contributed by atoms with van der Waals surface area (Å²) in [5, 5.41) is 13.7. The molecule has 1 unspecified atom stereocenters. The quantitative estimate of drug-likeness (QED) is 0.644. The van der Waals surface area contributed by atoms with E-state index in [1.54, 1.807) is 12.1 Å².